The van der Waals surface area contributed by atoms with Gasteiger partial charge in [-0.3, -0.25) is 0 Å². The van der Waals surface area contributed by atoms with E-state index in [4.69, 9.17) is 11.6 Å². The fraction of sp³-hybridized carbons (Fsp3) is 0.741. The molecule has 0 radical (unpaired) electrons. The highest BCUT2D eigenvalue weighted by Gasteiger charge is 2.41. The molecule has 2 aliphatic rings. The number of nitrogens with zero attached hydrogens (tertiary/aromatic N) is 1. The van der Waals surface area contributed by atoms with Crippen molar-refractivity contribution in [3.63, 3.8) is 0 Å². The Bertz CT molecular complexity index is 740. The minimum absolute atomic E-state index is 0.00288. The van der Waals surface area contributed by atoms with E-state index in [2.05, 4.69) is 17.6 Å². The van der Waals surface area contributed by atoms with Crippen LogP contribution in [0.4, 0.5) is 4.79 Å². The van der Waals surface area contributed by atoms with Gasteiger partial charge in [0.15, 0.2) is 0 Å². The molecular weight excluding hydrogens is 434 g/mol. The summed E-state index contributed by atoms with van der Waals surface area (Å²) in [4.78, 5) is 15.2. The van der Waals surface area contributed by atoms with Crippen LogP contribution in [0.15, 0.2) is 24.3 Å². The summed E-state index contributed by atoms with van der Waals surface area (Å²) < 4.78 is 0. The van der Waals surface area contributed by atoms with Crippen molar-refractivity contribution in [3.8, 4) is 0 Å². The first-order valence-electron chi connectivity index (χ1n) is 13.1. The maximum Gasteiger partial charge on any atom is 0.317 e. The van der Waals surface area contributed by atoms with E-state index < -0.39 is 5.60 Å². The number of nitrogens with one attached hydrogen (secondary N) is 2. The van der Waals surface area contributed by atoms with Crippen molar-refractivity contribution in [3.05, 3.63) is 34.9 Å². The maximum absolute atomic E-state index is 13.3. The van der Waals surface area contributed by atoms with Gasteiger partial charge in [0.25, 0.3) is 0 Å². The molecule has 1 aliphatic heterocycles. The fourth-order valence-corrected chi connectivity index (χ4v) is 6.06. The largest absolute Gasteiger partial charge is 0.385 e. The van der Waals surface area contributed by atoms with Crippen LogP contribution in [-0.4, -0.2) is 48.8 Å². The summed E-state index contributed by atoms with van der Waals surface area (Å²) in [6.07, 6.45) is 12.1. The summed E-state index contributed by atoms with van der Waals surface area (Å²) >= 11 is 6.28. The van der Waals surface area contributed by atoms with E-state index in [9.17, 15) is 9.90 Å². The highest BCUT2D eigenvalue weighted by Crippen LogP contribution is 2.40. The Morgan fingerprint density at radius 3 is 2.73 bits per heavy atom. The number of carbonyl (C=O) groups is 1. The summed E-state index contributed by atoms with van der Waals surface area (Å²) in [6, 6.07) is 7.80. The quantitative estimate of drug-likeness (QED) is 0.405. The number of halogens is 1. The third-order valence-electron chi connectivity index (χ3n) is 7.74. The lowest BCUT2D eigenvalue weighted by Crippen LogP contribution is -2.54. The summed E-state index contributed by atoms with van der Waals surface area (Å²) in [5.74, 6) is 0.719. The molecule has 6 heteroatoms. The lowest BCUT2D eigenvalue weighted by molar-refractivity contribution is -0.0555. The van der Waals surface area contributed by atoms with Gasteiger partial charge in [0.2, 0.25) is 0 Å². The minimum Gasteiger partial charge on any atom is -0.385 e. The molecule has 3 N–H and O–H groups in total. The van der Waals surface area contributed by atoms with Crippen molar-refractivity contribution in [2.75, 3.05) is 26.7 Å². The lowest BCUT2D eigenvalue weighted by Gasteiger charge is -2.43. The van der Waals surface area contributed by atoms with Gasteiger partial charge in [-0.1, -0.05) is 75.6 Å². The fourth-order valence-electron chi connectivity index (χ4n) is 5.87. The predicted molar refractivity (Wildman–Crippen MR) is 137 cm³/mol. The third kappa shape index (κ3) is 7.34. The van der Waals surface area contributed by atoms with Crippen molar-refractivity contribution < 1.29 is 9.90 Å². The molecule has 1 heterocycles. The van der Waals surface area contributed by atoms with Gasteiger partial charge in [0, 0.05) is 36.6 Å². The molecule has 3 unspecified atom stereocenters. The number of likely N-dealkylation sites (N-methyl/N-ethyl adjacent to an activating group) is 1. The smallest absolute Gasteiger partial charge is 0.317 e. The van der Waals surface area contributed by atoms with Gasteiger partial charge in [-0.15, -0.1) is 0 Å². The normalized spacial score (nSPS) is 22.5. The van der Waals surface area contributed by atoms with Gasteiger partial charge < -0.3 is 20.6 Å². The number of rotatable bonds is 10. The van der Waals surface area contributed by atoms with Gasteiger partial charge in [0.1, 0.15) is 0 Å². The van der Waals surface area contributed by atoms with Crippen LogP contribution in [0, 0.1) is 11.8 Å². The number of aliphatic hydroxyl groups is 1. The maximum atomic E-state index is 13.3. The minimum atomic E-state index is -0.966. The molecule has 1 aliphatic carbocycles. The first-order chi connectivity index (χ1) is 16.0. The zero-order chi connectivity index (χ0) is 23.7. The second-order valence-electron chi connectivity index (χ2n) is 10.3. The van der Waals surface area contributed by atoms with Crippen molar-refractivity contribution in [1.82, 2.24) is 15.5 Å². The van der Waals surface area contributed by atoms with E-state index in [-0.39, 0.29) is 18.0 Å². The number of piperidine rings is 1. The summed E-state index contributed by atoms with van der Waals surface area (Å²) in [5.41, 5.74) is -0.0900. The Kier molecular flexibility index (Phi) is 10.3. The topological polar surface area (TPSA) is 64.6 Å². The number of benzene rings is 1. The zero-order valence-corrected chi connectivity index (χ0v) is 21.4. The Labute approximate surface area is 205 Å². The van der Waals surface area contributed by atoms with Crippen LogP contribution < -0.4 is 10.6 Å². The molecule has 0 aromatic heterocycles. The molecule has 1 aromatic carbocycles. The van der Waals surface area contributed by atoms with Crippen LogP contribution in [0.5, 0.6) is 0 Å². The number of amides is 2. The molecule has 3 atom stereocenters. The molecule has 0 spiro atoms. The molecule has 1 saturated carbocycles. The molecule has 5 nitrogen and oxygen atoms in total. The van der Waals surface area contributed by atoms with E-state index in [1.54, 1.807) is 0 Å². The van der Waals surface area contributed by atoms with Gasteiger partial charge in [-0.2, -0.15) is 0 Å². The molecule has 2 amide bonds. The number of unbranched alkanes of at least 4 members (excludes halogenated alkanes) is 1. The van der Waals surface area contributed by atoms with Crippen LogP contribution in [0.1, 0.15) is 83.1 Å². The van der Waals surface area contributed by atoms with Gasteiger partial charge in [-0.25, -0.2) is 4.79 Å². The Hall–Kier alpha value is -1.30. The van der Waals surface area contributed by atoms with Crippen LogP contribution in [0.2, 0.25) is 5.02 Å². The summed E-state index contributed by atoms with van der Waals surface area (Å²) in [5, 5.41) is 19.1. The lowest BCUT2D eigenvalue weighted by atomic mass is 9.74. The molecule has 186 valence electrons. The average molecular weight is 478 g/mol. The number of hydrogen-bond acceptors (Lipinski definition) is 3. The van der Waals surface area contributed by atoms with Crippen molar-refractivity contribution >= 4 is 17.6 Å². The molecule has 3 rings (SSSR count). The second-order valence-corrected chi connectivity index (χ2v) is 10.7. The van der Waals surface area contributed by atoms with E-state index in [0.717, 1.165) is 50.8 Å². The molecule has 1 aromatic rings. The van der Waals surface area contributed by atoms with E-state index in [1.165, 1.54) is 32.1 Å². The number of carbonyl (C=O) groups excluding carboxylic acids is 1. The van der Waals surface area contributed by atoms with Crippen LogP contribution in [-0.2, 0) is 5.60 Å². The summed E-state index contributed by atoms with van der Waals surface area (Å²) in [7, 11) is 1.95. The Morgan fingerprint density at radius 1 is 1.24 bits per heavy atom. The molecule has 0 bridgehead atoms. The Balaban J connectivity index is 1.68. The van der Waals surface area contributed by atoms with Gasteiger partial charge in [-0.05, 0) is 56.3 Å². The van der Waals surface area contributed by atoms with Gasteiger partial charge in [0.05, 0.1) is 5.60 Å². The molecule has 2 fully saturated rings. The first kappa shape index (κ1) is 26.3. The van der Waals surface area contributed by atoms with E-state index >= 15 is 0 Å². The number of likely N-dealkylation sites (tertiary alicyclic amines) is 1. The van der Waals surface area contributed by atoms with Crippen LogP contribution in [0.25, 0.3) is 0 Å². The van der Waals surface area contributed by atoms with E-state index in [1.807, 2.05) is 36.2 Å². The standard InChI is InChI=1S/C27H44ClN3O2/c1-3-4-15-27(33,22-12-8-14-24(28)18-22)23-13-9-16-31(20-23)26(32)30-25(19-29-2)17-21-10-6-5-7-11-21/h8,12,14,18,21,23,25,29,33H,3-7,9-11,13,15-17,19-20H2,1-2H3,(H,30,32). The van der Waals surface area contributed by atoms with Crippen LogP contribution >= 0.6 is 11.6 Å². The number of hydrogen-bond donors (Lipinski definition) is 3. The van der Waals surface area contributed by atoms with Crippen LogP contribution in [0.3, 0.4) is 0 Å². The van der Waals surface area contributed by atoms with Gasteiger partial charge >= 0.3 is 6.03 Å². The molecular formula is C27H44ClN3O2. The van der Waals surface area contributed by atoms with Crippen molar-refractivity contribution in [2.24, 2.45) is 11.8 Å². The highest BCUT2D eigenvalue weighted by molar-refractivity contribution is 6.30. The second kappa shape index (κ2) is 13.0. The number of urea groups is 1. The average Bonchev–Trinajstić information content (AvgIpc) is 2.83. The molecule has 33 heavy (non-hydrogen) atoms. The Morgan fingerprint density at radius 2 is 2.03 bits per heavy atom. The van der Waals surface area contributed by atoms with Crippen molar-refractivity contribution in [2.45, 2.75) is 89.2 Å². The predicted octanol–water partition coefficient (Wildman–Crippen LogP) is 5.70. The van der Waals surface area contributed by atoms with Crippen molar-refractivity contribution in [1.29, 1.82) is 0 Å². The highest BCUT2D eigenvalue weighted by atomic mass is 35.5. The summed E-state index contributed by atoms with van der Waals surface area (Å²) in [6.45, 7) is 4.27. The SMILES string of the molecule is CCCCC(O)(c1cccc(Cl)c1)C1CCCN(C(=O)NC(CNC)CC2CCCCC2)C1. The zero-order valence-electron chi connectivity index (χ0n) is 20.6. The third-order valence-corrected chi connectivity index (χ3v) is 7.98. The first-order valence-corrected chi connectivity index (χ1v) is 13.5. The monoisotopic (exact) mass is 477 g/mol. The van der Waals surface area contributed by atoms with E-state index in [0.29, 0.717) is 23.9 Å². The molecule has 1 saturated heterocycles.